The molecule has 1 saturated carbocycles. The maximum Gasteiger partial charge on any atom is 0.0482 e. The van der Waals surface area contributed by atoms with Gasteiger partial charge in [0, 0.05) is 42.4 Å². The van der Waals surface area contributed by atoms with Crippen LogP contribution in [0.4, 0.5) is 5.69 Å². The molecule has 1 aliphatic carbocycles. The summed E-state index contributed by atoms with van der Waals surface area (Å²) >= 11 is 0. The zero-order chi connectivity index (χ0) is 11.8. The maximum atomic E-state index is 5.87. The molecule has 2 aromatic rings. The van der Waals surface area contributed by atoms with Crippen LogP contribution in [0, 0.1) is 0 Å². The van der Waals surface area contributed by atoms with Crippen LogP contribution in [0.3, 0.4) is 0 Å². The number of anilines is 1. The van der Waals surface area contributed by atoms with E-state index in [1.54, 1.807) is 0 Å². The Kier molecular flexibility index (Phi) is 2.56. The van der Waals surface area contributed by atoms with Crippen LogP contribution in [0.15, 0.2) is 24.4 Å². The Balaban J connectivity index is 1.89. The van der Waals surface area contributed by atoms with Gasteiger partial charge in [-0.25, -0.2) is 0 Å². The zero-order valence-electron chi connectivity index (χ0n) is 10.2. The molecule has 0 saturated heterocycles. The highest BCUT2D eigenvalue weighted by Crippen LogP contribution is 2.24. The lowest BCUT2D eigenvalue weighted by atomic mass is 9.93. The number of aryl methyl sites for hydroxylation is 1. The fraction of sp³-hybridized carbons (Fsp3) is 0.429. The van der Waals surface area contributed by atoms with Crippen molar-refractivity contribution in [2.24, 2.45) is 7.05 Å². The van der Waals surface area contributed by atoms with Crippen LogP contribution < -0.4 is 11.1 Å². The number of aromatic nitrogens is 1. The van der Waals surface area contributed by atoms with Crippen LogP contribution in [-0.4, -0.2) is 10.6 Å². The highest BCUT2D eigenvalue weighted by atomic mass is 15.0. The fourth-order valence-electron chi connectivity index (χ4n) is 2.50. The average molecular weight is 229 g/mol. The molecule has 1 fully saturated rings. The van der Waals surface area contributed by atoms with Gasteiger partial charge in [-0.15, -0.1) is 0 Å². The monoisotopic (exact) mass is 229 g/mol. The van der Waals surface area contributed by atoms with Crippen LogP contribution in [0.25, 0.3) is 10.9 Å². The summed E-state index contributed by atoms with van der Waals surface area (Å²) in [6.45, 7) is 0.950. The molecule has 17 heavy (non-hydrogen) atoms. The van der Waals surface area contributed by atoms with Gasteiger partial charge in [0.25, 0.3) is 0 Å². The number of nitrogens with zero attached hydrogens (tertiary/aromatic N) is 1. The summed E-state index contributed by atoms with van der Waals surface area (Å²) in [5, 5.41) is 4.88. The molecule has 3 N–H and O–H groups in total. The predicted molar refractivity (Wildman–Crippen MR) is 71.8 cm³/mol. The number of nitrogen functional groups attached to an aromatic ring is 1. The van der Waals surface area contributed by atoms with Crippen molar-refractivity contribution >= 4 is 16.6 Å². The molecule has 3 heteroatoms. The average Bonchev–Trinajstić information content (AvgIpc) is 2.53. The van der Waals surface area contributed by atoms with Crippen molar-refractivity contribution in [3.05, 3.63) is 30.0 Å². The number of hydrogen-bond acceptors (Lipinski definition) is 2. The first kappa shape index (κ1) is 10.7. The van der Waals surface area contributed by atoms with Gasteiger partial charge in [-0.05, 0) is 36.6 Å². The third-order valence-electron chi connectivity index (χ3n) is 3.78. The van der Waals surface area contributed by atoms with E-state index < -0.39 is 0 Å². The quantitative estimate of drug-likeness (QED) is 0.794. The van der Waals surface area contributed by atoms with E-state index in [2.05, 4.69) is 35.3 Å². The second-order valence-corrected chi connectivity index (χ2v) is 5.05. The molecule has 0 unspecified atom stereocenters. The summed E-state index contributed by atoms with van der Waals surface area (Å²) in [4.78, 5) is 0. The Morgan fingerprint density at radius 2 is 2.24 bits per heavy atom. The van der Waals surface area contributed by atoms with Gasteiger partial charge in [0.05, 0.1) is 0 Å². The van der Waals surface area contributed by atoms with Gasteiger partial charge in [-0.2, -0.15) is 0 Å². The van der Waals surface area contributed by atoms with E-state index in [0.717, 1.165) is 18.3 Å². The number of fused-ring (bicyclic) bond motifs is 1. The van der Waals surface area contributed by atoms with Crippen LogP contribution >= 0.6 is 0 Å². The Morgan fingerprint density at radius 1 is 1.41 bits per heavy atom. The lowest BCUT2D eigenvalue weighted by molar-refractivity contribution is 0.338. The van der Waals surface area contributed by atoms with Gasteiger partial charge in [0.2, 0.25) is 0 Å². The molecule has 1 heterocycles. The molecular formula is C14H19N3. The Hall–Kier alpha value is -1.48. The van der Waals surface area contributed by atoms with Crippen LogP contribution in [0.1, 0.15) is 24.8 Å². The van der Waals surface area contributed by atoms with Crippen LogP contribution in [0.2, 0.25) is 0 Å². The normalized spacial score (nSPS) is 16.3. The molecule has 3 nitrogen and oxygen atoms in total. The van der Waals surface area contributed by atoms with Gasteiger partial charge in [0.15, 0.2) is 0 Å². The van der Waals surface area contributed by atoms with E-state index in [-0.39, 0.29) is 0 Å². The molecule has 0 atom stereocenters. The molecule has 1 aromatic carbocycles. The number of nitrogens with two attached hydrogens (primary N) is 1. The van der Waals surface area contributed by atoms with E-state index in [1.165, 1.54) is 35.7 Å². The number of benzene rings is 1. The topological polar surface area (TPSA) is 43.0 Å². The summed E-state index contributed by atoms with van der Waals surface area (Å²) in [7, 11) is 2.09. The number of hydrogen-bond donors (Lipinski definition) is 2. The lowest BCUT2D eigenvalue weighted by Gasteiger charge is -2.26. The van der Waals surface area contributed by atoms with Crippen molar-refractivity contribution in [2.45, 2.75) is 31.8 Å². The fourth-order valence-corrected chi connectivity index (χ4v) is 2.50. The summed E-state index contributed by atoms with van der Waals surface area (Å²) in [5.74, 6) is 0. The SMILES string of the molecule is Cn1cc(CNC2CCC2)c2cc(N)ccc21. The molecule has 3 rings (SSSR count). The van der Waals surface area contributed by atoms with Gasteiger partial charge < -0.3 is 15.6 Å². The first-order valence-electron chi connectivity index (χ1n) is 6.31. The molecular weight excluding hydrogens is 210 g/mol. The van der Waals surface area contributed by atoms with Crippen molar-refractivity contribution in [1.82, 2.24) is 9.88 Å². The third kappa shape index (κ3) is 1.91. The molecule has 0 radical (unpaired) electrons. The molecule has 90 valence electrons. The van der Waals surface area contributed by atoms with Crippen molar-refractivity contribution in [3.8, 4) is 0 Å². The largest absolute Gasteiger partial charge is 0.399 e. The minimum absolute atomic E-state index is 0.728. The Bertz CT molecular complexity index is 538. The van der Waals surface area contributed by atoms with Crippen LogP contribution in [0.5, 0.6) is 0 Å². The Morgan fingerprint density at radius 3 is 2.94 bits per heavy atom. The summed E-state index contributed by atoms with van der Waals surface area (Å²) in [5.41, 5.74) is 9.31. The van der Waals surface area contributed by atoms with Gasteiger partial charge in [-0.3, -0.25) is 0 Å². The summed E-state index contributed by atoms with van der Waals surface area (Å²) in [6.07, 6.45) is 6.23. The van der Waals surface area contributed by atoms with Crippen molar-refractivity contribution in [1.29, 1.82) is 0 Å². The van der Waals surface area contributed by atoms with E-state index in [1.807, 2.05) is 6.07 Å². The van der Waals surface area contributed by atoms with Gasteiger partial charge in [0.1, 0.15) is 0 Å². The smallest absolute Gasteiger partial charge is 0.0482 e. The second kappa shape index (κ2) is 4.08. The summed E-state index contributed by atoms with van der Waals surface area (Å²) < 4.78 is 2.17. The van der Waals surface area contributed by atoms with E-state index >= 15 is 0 Å². The first-order chi connectivity index (χ1) is 8.24. The molecule has 0 aliphatic heterocycles. The maximum absolute atomic E-state index is 5.87. The molecule has 1 aromatic heterocycles. The summed E-state index contributed by atoms with van der Waals surface area (Å²) in [6, 6.07) is 6.86. The van der Waals surface area contributed by atoms with Crippen molar-refractivity contribution in [3.63, 3.8) is 0 Å². The van der Waals surface area contributed by atoms with E-state index in [9.17, 15) is 0 Å². The minimum Gasteiger partial charge on any atom is -0.399 e. The highest BCUT2D eigenvalue weighted by Gasteiger charge is 2.17. The molecule has 0 bridgehead atoms. The van der Waals surface area contributed by atoms with Crippen molar-refractivity contribution in [2.75, 3.05) is 5.73 Å². The predicted octanol–water partition coefficient (Wildman–Crippen LogP) is 2.40. The van der Waals surface area contributed by atoms with E-state index in [4.69, 9.17) is 5.73 Å². The van der Waals surface area contributed by atoms with Crippen LogP contribution in [-0.2, 0) is 13.6 Å². The first-order valence-corrected chi connectivity index (χ1v) is 6.31. The number of nitrogens with one attached hydrogen (secondary N) is 1. The molecule has 1 aliphatic rings. The third-order valence-corrected chi connectivity index (χ3v) is 3.78. The van der Waals surface area contributed by atoms with Gasteiger partial charge in [-0.1, -0.05) is 6.42 Å². The molecule has 0 amide bonds. The standard InChI is InChI=1S/C14H19N3/c1-17-9-10(8-16-12-3-2-4-12)13-7-11(15)5-6-14(13)17/h5-7,9,12,16H,2-4,8,15H2,1H3. The van der Waals surface area contributed by atoms with Crippen molar-refractivity contribution < 1.29 is 0 Å². The molecule has 0 spiro atoms. The van der Waals surface area contributed by atoms with Gasteiger partial charge >= 0.3 is 0 Å². The second-order valence-electron chi connectivity index (χ2n) is 5.05. The number of rotatable bonds is 3. The van der Waals surface area contributed by atoms with E-state index in [0.29, 0.717) is 0 Å². The minimum atomic E-state index is 0.728. The Labute approximate surface area is 102 Å². The highest BCUT2D eigenvalue weighted by molar-refractivity contribution is 5.86. The zero-order valence-corrected chi connectivity index (χ0v) is 10.2. The lowest BCUT2D eigenvalue weighted by Crippen LogP contribution is -2.34.